The van der Waals surface area contributed by atoms with Gasteiger partial charge in [-0.2, -0.15) is 0 Å². The molecule has 0 radical (unpaired) electrons. The molecule has 0 aromatic heterocycles. The molecule has 2 unspecified atom stereocenters. The first-order valence-corrected chi connectivity index (χ1v) is 22.3. The molecule has 318 valence electrons. The topological polar surface area (TPSA) is 107 Å². The highest BCUT2D eigenvalue weighted by Crippen LogP contribution is 2.77. The van der Waals surface area contributed by atoms with Crippen LogP contribution in [0, 0.1) is 56.2 Å². The van der Waals surface area contributed by atoms with E-state index in [2.05, 4.69) is 78.4 Å². The number of hydrogen-bond acceptors (Lipinski definition) is 7. The van der Waals surface area contributed by atoms with Crippen LogP contribution >= 0.6 is 11.6 Å². The Morgan fingerprint density at radius 3 is 2.25 bits per heavy atom. The van der Waals surface area contributed by atoms with E-state index in [9.17, 15) is 24.6 Å². The first kappa shape index (κ1) is 44.3. The lowest BCUT2D eigenvalue weighted by atomic mass is 9.33. The lowest BCUT2D eigenvalue weighted by Gasteiger charge is -2.72. The van der Waals surface area contributed by atoms with Crippen molar-refractivity contribution in [1.82, 2.24) is 9.80 Å². The number of rotatable bonds is 13. The molecule has 57 heavy (non-hydrogen) atoms. The Hall–Kier alpha value is -2.26. The molecule has 0 amide bonds. The second-order valence-corrected chi connectivity index (χ2v) is 22.1. The van der Waals surface area contributed by atoms with Gasteiger partial charge in [-0.1, -0.05) is 83.8 Å². The number of ether oxygens (including phenoxy) is 1. The highest BCUT2D eigenvalue weighted by atomic mass is 35.5. The third-order valence-electron chi connectivity index (χ3n) is 17.1. The van der Waals surface area contributed by atoms with E-state index in [0.717, 1.165) is 80.6 Å². The number of halogens is 1. The first-order chi connectivity index (χ1) is 26.4. The Morgan fingerprint density at radius 2 is 1.61 bits per heavy atom. The van der Waals surface area contributed by atoms with Crippen LogP contribution in [0.2, 0.25) is 5.02 Å². The minimum atomic E-state index is -1.17. The number of allylic oxidation sites excluding steroid dienone is 1. The summed E-state index contributed by atoms with van der Waals surface area (Å²) < 4.78 is 6.20. The summed E-state index contributed by atoms with van der Waals surface area (Å²) in [5, 5.41) is 23.1. The Bertz CT molecular complexity index is 1750. The number of fused-ring (bicyclic) bond motifs is 7. The number of Topliss-reactive ketones (excluding diaryl/α,β-unsaturated/α-hetero) is 1. The van der Waals surface area contributed by atoms with Gasteiger partial charge in [0, 0.05) is 48.5 Å². The van der Waals surface area contributed by atoms with E-state index in [4.69, 9.17) is 16.3 Å². The predicted octanol–water partition coefficient (Wildman–Crippen LogP) is 9.46. The van der Waals surface area contributed by atoms with Gasteiger partial charge in [0.05, 0.1) is 17.9 Å². The van der Waals surface area contributed by atoms with Crippen LogP contribution in [0.5, 0.6) is 0 Å². The summed E-state index contributed by atoms with van der Waals surface area (Å²) in [6, 6.07) is 7.98. The zero-order valence-corrected chi connectivity index (χ0v) is 37.7. The highest BCUT2D eigenvalue weighted by Gasteiger charge is 2.71. The molecule has 0 heterocycles. The monoisotopic (exact) mass is 809 g/mol. The van der Waals surface area contributed by atoms with Gasteiger partial charge in [0.15, 0.2) is 5.78 Å². The SMILES string of the molecule is CC(C)C1=C2[C@H]3CCC4[C@@]5(C)CC[C@H](OC(=O)CC(C)(C)C(=O)O)C(C)(C)C5CC[C@@]4(C)[C@]3(C)CC[C@@]2([C@H](O)CN(CCN(C)C)Cc2ccccc2Cl)CC1=O. The van der Waals surface area contributed by atoms with Crippen LogP contribution in [0.15, 0.2) is 35.4 Å². The molecule has 9 heteroatoms. The fourth-order valence-electron chi connectivity index (χ4n) is 13.8. The molecule has 0 bridgehead atoms. The number of ketones is 1. The molecule has 5 aliphatic rings. The maximum atomic E-state index is 14.3. The van der Waals surface area contributed by atoms with E-state index >= 15 is 0 Å². The normalized spacial score (nSPS) is 35.5. The average Bonchev–Trinajstić information content (AvgIpc) is 3.42. The van der Waals surface area contributed by atoms with Gasteiger partial charge in [0.2, 0.25) is 0 Å². The molecule has 9 atom stereocenters. The molecular weight excluding hydrogens is 736 g/mol. The van der Waals surface area contributed by atoms with E-state index in [1.807, 2.05) is 18.2 Å². The minimum Gasteiger partial charge on any atom is -0.481 e. The summed E-state index contributed by atoms with van der Waals surface area (Å²) >= 11 is 6.67. The third kappa shape index (κ3) is 7.47. The number of carboxylic acid groups (broad SMARTS) is 1. The van der Waals surface area contributed by atoms with Crippen LogP contribution in [0.1, 0.15) is 132 Å². The molecule has 8 nitrogen and oxygen atoms in total. The van der Waals surface area contributed by atoms with Crippen LogP contribution in [-0.4, -0.2) is 83.7 Å². The summed E-state index contributed by atoms with van der Waals surface area (Å²) in [4.78, 5) is 43.8. The minimum absolute atomic E-state index is 0.0336. The van der Waals surface area contributed by atoms with Crippen molar-refractivity contribution in [2.24, 2.45) is 56.2 Å². The van der Waals surface area contributed by atoms with Crippen molar-refractivity contribution in [3.8, 4) is 0 Å². The number of likely N-dealkylation sites (N-methyl/N-ethyl adjacent to an activating group) is 1. The number of esters is 1. The molecule has 1 aromatic rings. The van der Waals surface area contributed by atoms with E-state index < -0.39 is 28.9 Å². The number of carbonyl (C=O) groups is 3. The van der Waals surface area contributed by atoms with Crippen molar-refractivity contribution in [2.45, 2.75) is 145 Å². The van der Waals surface area contributed by atoms with Gasteiger partial charge >= 0.3 is 11.9 Å². The summed E-state index contributed by atoms with van der Waals surface area (Å²) in [6.45, 7) is 22.5. The summed E-state index contributed by atoms with van der Waals surface area (Å²) in [5.74, 6) is -0.0237. The van der Waals surface area contributed by atoms with E-state index in [1.54, 1.807) is 13.8 Å². The second kappa shape index (κ2) is 15.6. The molecule has 5 aliphatic carbocycles. The number of carbonyl (C=O) groups excluding carboxylic acids is 2. The second-order valence-electron chi connectivity index (χ2n) is 21.7. The lowest BCUT2D eigenvalue weighted by Crippen LogP contribution is -2.66. The van der Waals surface area contributed by atoms with Crippen molar-refractivity contribution < 1.29 is 29.3 Å². The molecule has 6 rings (SSSR count). The molecule has 2 N–H and O–H groups in total. The van der Waals surface area contributed by atoms with E-state index in [1.165, 1.54) is 5.57 Å². The maximum absolute atomic E-state index is 14.3. The van der Waals surface area contributed by atoms with Crippen molar-refractivity contribution in [3.63, 3.8) is 0 Å². The van der Waals surface area contributed by atoms with Gasteiger partial charge in [0.25, 0.3) is 0 Å². The Balaban J connectivity index is 1.29. The van der Waals surface area contributed by atoms with Crippen LogP contribution in [0.25, 0.3) is 0 Å². The molecule has 0 saturated heterocycles. The van der Waals surface area contributed by atoms with Crippen molar-refractivity contribution in [1.29, 1.82) is 0 Å². The standard InChI is InChI=1S/C48H73ClN2O6/c1-30(2)40-34(52)26-48(37(53)29-51(25-24-50(10)11)28-31-14-12-13-15-33(31)49)23-22-46(8)32(41(40)48)16-17-36-45(7)20-19-38(57-39(54)27-43(3,4)42(55)56)44(5,6)35(45)18-21-47(36,46)9/h12-15,30,32,35-38,53H,16-29H2,1-11H3,(H,55,56)/t32-,35?,36?,37-,38+,45+,46-,47-,48+/m1/s1. The average molecular weight is 810 g/mol. The largest absolute Gasteiger partial charge is 0.481 e. The Morgan fingerprint density at radius 1 is 0.930 bits per heavy atom. The van der Waals surface area contributed by atoms with Crippen molar-refractivity contribution in [3.05, 3.63) is 46.0 Å². The molecule has 4 saturated carbocycles. The zero-order valence-electron chi connectivity index (χ0n) is 37.0. The zero-order chi connectivity index (χ0) is 42.1. The van der Waals surface area contributed by atoms with Crippen molar-refractivity contribution >= 4 is 29.3 Å². The van der Waals surface area contributed by atoms with Crippen LogP contribution in [-0.2, 0) is 25.7 Å². The number of aliphatic carboxylic acids is 1. The number of benzene rings is 1. The summed E-state index contributed by atoms with van der Waals surface area (Å²) in [6.07, 6.45) is 7.07. The van der Waals surface area contributed by atoms with Gasteiger partial charge in [0.1, 0.15) is 6.10 Å². The number of aliphatic hydroxyl groups excluding tert-OH is 1. The Kier molecular flexibility index (Phi) is 12.2. The lowest BCUT2D eigenvalue weighted by molar-refractivity contribution is -0.235. The van der Waals surface area contributed by atoms with Crippen LogP contribution < -0.4 is 0 Å². The summed E-state index contributed by atoms with van der Waals surface area (Å²) in [7, 11) is 4.15. The molecule has 4 fully saturated rings. The van der Waals surface area contributed by atoms with Gasteiger partial charge in [-0.25, -0.2) is 0 Å². The first-order valence-electron chi connectivity index (χ1n) is 21.9. The van der Waals surface area contributed by atoms with Gasteiger partial charge < -0.3 is 19.8 Å². The highest BCUT2D eigenvalue weighted by molar-refractivity contribution is 6.31. The molecular formula is C48H73ClN2O6. The van der Waals surface area contributed by atoms with Gasteiger partial charge in [-0.3, -0.25) is 19.3 Å². The Labute approximate surface area is 348 Å². The van der Waals surface area contributed by atoms with Crippen molar-refractivity contribution in [2.75, 3.05) is 33.7 Å². The number of hydrogen-bond donors (Lipinski definition) is 2. The quantitative estimate of drug-likeness (QED) is 0.190. The van der Waals surface area contributed by atoms with Gasteiger partial charge in [-0.05, 0) is 136 Å². The smallest absolute Gasteiger partial charge is 0.309 e. The maximum Gasteiger partial charge on any atom is 0.309 e. The molecule has 0 spiro atoms. The van der Waals surface area contributed by atoms with Crippen LogP contribution in [0.4, 0.5) is 0 Å². The fraction of sp³-hybridized carbons (Fsp3) is 0.771. The van der Waals surface area contributed by atoms with E-state index in [-0.39, 0.29) is 51.8 Å². The number of aliphatic hydroxyl groups is 1. The number of carboxylic acids is 1. The van der Waals surface area contributed by atoms with E-state index in [0.29, 0.717) is 31.3 Å². The molecule has 0 aliphatic heterocycles. The third-order valence-corrected chi connectivity index (χ3v) is 17.5. The van der Waals surface area contributed by atoms with Gasteiger partial charge in [-0.15, -0.1) is 0 Å². The van der Waals surface area contributed by atoms with Crippen LogP contribution in [0.3, 0.4) is 0 Å². The fourth-order valence-corrected chi connectivity index (χ4v) is 14.0. The number of nitrogens with zero attached hydrogens (tertiary/aromatic N) is 2. The summed E-state index contributed by atoms with van der Waals surface area (Å²) in [5.41, 5.74) is 1.39. The predicted molar refractivity (Wildman–Crippen MR) is 227 cm³/mol. The molecule has 1 aromatic carbocycles.